The first-order valence-electron chi connectivity index (χ1n) is 10.0. The average molecular weight is 411 g/mol. The first-order chi connectivity index (χ1) is 14.6. The minimum atomic E-state index is -0.347. The van der Waals surface area contributed by atoms with Crippen molar-refractivity contribution in [1.82, 2.24) is 25.4 Å². The summed E-state index contributed by atoms with van der Waals surface area (Å²) >= 11 is 0. The molecule has 1 fully saturated rings. The summed E-state index contributed by atoms with van der Waals surface area (Å²) in [6, 6.07) is 3.39. The van der Waals surface area contributed by atoms with Crippen molar-refractivity contribution in [3.63, 3.8) is 0 Å². The van der Waals surface area contributed by atoms with Crippen LogP contribution in [-0.2, 0) is 11.3 Å². The minimum Gasteiger partial charge on any atom is -0.380 e. The summed E-state index contributed by atoms with van der Waals surface area (Å²) in [5, 5.41) is 14.0. The first kappa shape index (κ1) is 20.1. The van der Waals surface area contributed by atoms with E-state index in [9.17, 15) is 4.39 Å². The number of hydrogen-bond donors (Lipinski definition) is 3. The number of amidine groups is 1. The number of allylic oxidation sites excluding steroid dienone is 1. The van der Waals surface area contributed by atoms with E-state index in [2.05, 4.69) is 44.9 Å². The molecule has 3 N–H and O–H groups in total. The Morgan fingerprint density at radius 1 is 1.33 bits per heavy atom. The second-order valence-electron chi connectivity index (χ2n) is 7.42. The highest BCUT2D eigenvalue weighted by Gasteiger charge is 2.24. The van der Waals surface area contributed by atoms with E-state index in [-0.39, 0.29) is 11.9 Å². The Morgan fingerprint density at radius 3 is 2.93 bits per heavy atom. The number of aromatic amines is 1. The highest BCUT2D eigenvalue weighted by molar-refractivity contribution is 5.91. The van der Waals surface area contributed by atoms with Gasteiger partial charge in [0.1, 0.15) is 23.5 Å². The number of aromatic nitrogens is 3. The largest absolute Gasteiger partial charge is 0.380 e. The van der Waals surface area contributed by atoms with Gasteiger partial charge in [0.25, 0.3) is 0 Å². The molecular formula is C21H26FN7O. The topological polar surface area (TPSA) is 90.5 Å². The van der Waals surface area contributed by atoms with Crippen LogP contribution in [0.5, 0.6) is 0 Å². The molecule has 0 aliphatic carbocycles. The van der Waals surface area contributed by atoms with Crippen LogP contribution in [0.2, 0.25) is 0 Å². The zero-order valence-corrected chi connectivity index (χ0v) is 17.1. The third kappa shape index (κ3) is 4.68. The Kier molecular flexibility index (Phi) is 6.08. The van der Waals surface area contributed by atoms with Crippen molar-refractivity contribution in [2.75, 3.05) is 25.6 Å². The molecule has 4 heterocycles. The second kappa shape index (κ2) is 9.08. The third-order valence-electron chi connectivity index (χ3n) is 4.98. The molecule has 9 heteroatoms. The molecular weight excluding hydrogens is 385 g/mol. The zero-order valence-electron chi connectivity index (χ0n) is 17.1. The summed E-state index contributed by atoms with van der Waals surface area (Å²) < 4.78 is 18.8. The number of likely N-dealkylation sites (N-methyl/N-ethyl adjacent to an activating group) is 1. The lowest BCUT2D eigenvalue weighted by atomic mass is 10.0. The fourth-order valence-corrected chi connectivity index (χ4v) is 3.32. The van der Waals surface area contributed by atoms with Crippen molar-refractivity contribution in [3.05, 3.63) is 65.8 Å². The molecule has 0 amide bonds. The maximum absolute atomic E-state index is 13.5. The predicted molar refractivity (Wildman–Crippen MR) is 113 cm³/mol. The number of nitrogens with one attached hydrogen (secondary N) is 3. The number of anilines is 1. The van der Waals surface area contributed by atoms with Gasteiger partial charge in [-0.2, -0.15) is 5.10 Å². The molecule has 0 bridgehead atoms. The summed E-state index contributed by atoms with van der Waals surface area (Å²) in [5.74, 6) is 2.20. The van der Waals surface area contributed by atoms with E-state index in [1.165, 1.54) is 12.3 Å². The summed E-state index contributed by atoms with van der Waals surface area (Å²) in [6.07, 6.45) is 9.81. The van der Waals surface area contributed by atoms with E-state index in [4.69, 9.17) is 9.73 Å². The predicted octanol–water partition coefficient (Wildman–Crippen LogP) is 2.74. The van der Waals surface area contributed by atoms with Crippen LogP contribution in [0.3, 0.4) is 0 Å². The van der Waals surface area contributed by atoms with Gasteiger partial charge in [0.05, 0.1) is 19.4 Å². The van der Waals surface area contributed by atoms with Crippen molar-refractivity contribution >= 4 is 11.7 Å². The molecule has 0 radical (unpaired) electrons. The number of nitrogens with zero attached hydrogens (tertiary/aromatic N) is 4. The third-order valence-corrected chi connectivity index (χ3v) is 4.98. The van der Waals surface area contributed by atoms with E-state index in [1.807, 2.05) is 24.2 Å². The number of pyridine rings is 1. The van der Waals surface area contributed by atoms with Gasteiger partial charge in [-0.25, -0.2) is 9.38 Å². The number of H-pyrrole nitrogens is 1. The molecule has 30 heavy (non-hydrogen) atoms. The van der Waals surface area contributed by atoms with Gasteiger partial charge < -0.3 is 20.3 Å². The SMILES string of the molecule is CC/C=C/C1NC=C(Nc2cc(C3COC3)[nH]n2)N=C1N(C)Cc1cncc(F)c1. The maximum Gasteiger partial charge on any atom is 0.153 e. The van der Waals surface area contributed by atoms with Gasteiger partial charge in [-0.05, 0) is 18.1 Å². The summed E-state index contributed by atoms with van der Waals surface area (Å²) in [7, 11) is 1.93. The van der Waals surface area contributed by atoms with Crippen molar-refractivity contribution in [2.45, 2.75) is 31.8 Å². The van der Waals surface area contributed by atoms with Gasteiger partial charge >= 0.3 is 0 Å². The molecule has 1 unspecified atom stereocenters. The van der Waals surface area contributed by atoms with Gasteiger partial charge in [0.2, 0.25) is 0 Å². The molecule has 8 nitrogen and oxygen atoms in total. The van der Waals surface area contributed by atoms with E-state index < -0.39 is 0 Å². The molecule has 2 aromatic heterocycles. The molecule has 2 aliphatic rings. The van der Waals surface area contributed by atoms with Crippen LogP contribution in [0.1, 0.15) is 30.5 Å². The van der Waals surface area contributed by atoms with Crippen LogP contribution in [-0.4, -0.2) is 52.2 Å². The minimum absolute atomic E-state index is 0.0797. The van der Waals surface area contributed by atoms with Crippen molar-refractivity contribution in [2.24, 2.45) is 4.99 Å². The molecule has 158 valence electrons. The maximum atomic E-state index is 13.5. The van der Waals surface area contributed by atoms with E-state index >= 15 is 0 Å². The molecule has 2 aromatic rings. The normalized spacial score (nSPS) is 19.1. The number of halogens is 1. The fourth-order valence-electron chi connectivity index (χ4n) is 3.32. The van der Waals surface area contributed by atoms with E-state index in [0.29, 0.717) is 24.1 Å². The quantitative estimate of drug-likeness (QED) is 0.607. The fraction of sp³-hybridized carbons (Fsp3) is 0.381. The van der Waals surface area contributed by atoms with E-state index in [1.54, 1.807) is 6.20 Å². The summed E-state index contributed by atoms with van der Waals surface area (Å²) in [4.78, 5) is 10.7. The van der Waals surface area contributed by atoms with Gasteiger partial charge in [-0.1, -0.05) is 19.1 Å². The molecule has 2 aliphatic heterocycles. The van der Waals surface area contributed by atoms with Crippen molar-refractivity contribution < 1.29 is 9.13 Å². The molecule has 0 aromatic carbocycles. The molecule has 4 rings (SSSR count). The molecule has 0 saturated carbocycles. The van der Waals surface area contributed by atoms with Gasteiger partial charge in [-0.3, -0.25) is 10.1 Å². The van der Waals surface area contributed by atoms with Crippen molar-refractivity contribution in [3.8, 4) is 0 Å². The van der Waals surface area contributed by atoms with E-state index in [0.717, 1.165) is 36.7 Å². The smallest absolute Gasteiger partial charge is 0.153 e. The highest BCUT2D eigenvalue weighted by Crippen LogP contribution is 2.24. The molecule has 0 spiro atoms. The van der Waals surface area contributed by atoms with Crippen LogP contribution in [0.25, 0.3) is 0 Å². The van der Waals surface area contributed by atoms with Crippen LogP contribution in [0.4, 0.5) is 10.2 Å². The Morgan fingerprint density at radius 2 is 2.20 bits per heavy atom. The Labute approximate surface area is 174 Å². The average Bonchev–Trinajstić information content (AvgIpc) is 3.13. The number of rotatable bonds is 7. The molecule has 1 atom stereocenters. The summed E-state index contributed by atoms with van der Waals surface area (Å²) in [5.41, 5.74) is 1.83. The standard InChI is InChI=1S/C21H26FN7O/c1-3-4-5-17-21(29(2)11-14-6-16(22)9-23-8-14)26-20(10-24-17)25-19-7-18(27-28-19)15-12-30-13-15/h4-10,15,17,24H,3,11-13H2,1-2H3,(H2,25,27,28)/b5-4+. The second-order valence-corrected chi connectivity index (χ2v) is 7.42. The lowest BCUT2D eigenvalue weighted by molar-refractivity contribution is 0.00670. The first-order valence-corrected chi connectivity index (χ1v) is 10.0. The monoisotopic (exact) mass is 411 g/mol. The van der Waals surface area contributed by atoms with Crippen molar-refractivity contribution in [1.29, 1.82) is 0 Å². The summed E-state index contributed by atoms with van der Waals surface area (Å²) in [6.45, 7) is 4.02. The Balaban J connectivity index is 1.50. The van der Waals surface area contributed by atoms with Gasteiger partial charge in [0, 0.05) is 43.7 Å². The number of aliphatic imine (C=N–C) groups is 1. The lowest BCUT2D eigenvalue weighted by Crippen LogP contribution is -2.44. The van der Waals surface area contributed by atoms with Crippen LogP contribution < -0.4 is 10.6 Å². The van der Waals surface area contributed by atoms with Crippen LogP contribution in [0, 0.1) is 5.82 Å². The number of ether oxygens (including phenoxy) is 1. The Bertz CT molecular complexity index is 964. The zero-order chi connectivity index (χ0) is 20.9. The highest BCUT2D eigenvalue weighted by atomic mass is 19.1. The lowest BCUT2D eigenvalue weighted by Gasteiger charge is -2.29. The van der Waals surface area contributed by atoms with Gasteiger partial charge in [-0.15, -0.1) is 0 Å². The van der Waals surface area contributed by atoms with Crippen LogP contribution >= 0.6 is 0 Å². The number of hydrogen-bond acceptors (Lipinski definition) is 7. The van der Waals surface area contributed by atoms with Crippen LogP contribution in [0.15, 0.2) is 53.7 Å². The van der Waals surface area contributed by atoms with Gasteiger partial charge in [0.15, 0.2) is 5.82 Å². The Hall–Kier alpha value is -3.20. The molecule has 1 saturated heterocycles.